The van der Waals surface area contributed by atoms with Crippen molar-refractivity contribution in [2.45, 2.75) is 25.1 Å². The molecular formula is C12H16BrClO. The van der Waals surface area contributed by atoms with Crippen molar-refractivity contribution < 1.29 is 4.74 Å². The van der Waals surface area contributed by atoms with E-state index in [1.807, 2.05) is 18.2 Å². The normalized spacial score (nSPS) is 12.9. The Balaban J connectivity index is 2.82. The van der Waals surface area contributed by atoms with Crippen molar-refractivity contribution in [1.82, 2.24) is 0 Å². The smallest absolute Gasteiger partial charge is 0.137 e. The topological polar surface area (TPSA) is 9.23 Å². The fourth-order valence-electron chi connectivity index (χ4n) is 1.43. The third-order valence-corrected chi connectivity index (χ3v) is 3.41. The number of rotatable bonds is 4. The van der Waals surface area contributed by atoms with Crippen LogP contribution in [0.25, 0.3) is 0 Å². The van der Waals surface area contributed by atoms with Crippen molar-refractivity contribution >= 4 is 27.5 Å². The molecule has 1 nitrogen and oxygen atoms in total. The molecule has 0 radical (unpaired) electrons. The van der Waals surface area contributed by atoms with Gasteiger partial charge in [0.1, 0.15) is 5.75 Å². The summed E-state index contributed by atoms with van der Waals surface area (Å²) in [4.78, 5) is 0.362. The molecule has 1 atom stereocenters. The molecule has 15 heavy (non-hydrogen) atoms. The van der Waals surface area contributed by atoms with E-state index in [4.69, 9.17) is 16.3 Å². The molecule has 84 valence electrons. The zero-order valence-electron chi connectivity index (χ0n) is 9.26. The molecule has 0 amide bonds. The summed E-state index contributed by atoms with van der Waals surface area (Å²) in [7, 11) is 1.63. The van der Waals surface area contributed by atoms with Gasteiger partial charge in [-0.1, -0.05) is 47.4 Å². The van der Waals surface area contributed by atoms with Gasteiger partial charge in [0.15, 0.2) is 0 Å². The van der Waals surface area contributed by atoms with E-state index in [0.29, 0.717) is 15.8 Å². The summed E-state index contributed by atoms with van der Waals surface area (Å²) in [6, 6.07) is 5.92. The summed E-state index contributed by atoms with van der Waals surface area (Å²) in [5.74, 6) is 1.39. The number of benzene rings is 1. The third-order valence-electron chi connectivity index (χ3n) is 2.22. The van der Waals surface area contributed by atoms with Crippen LogP contribution < -0.4 is 4.74 Å². The van der Waals surface area contributed by atoms with Crippen molar-refractivity contribution in [3.63, 3.8) is 0 Å². The van der Waals surface area contributed by atoms with E-state index >= 15 is 0 Å². The Kier molecular flexibility index (Phi) is 4.94. The zero-order chi connectivity index (χ0) is 11.4. The highest BCUT2D eigenvalue weighted by Crippen LogP contribution is 2.34. The van der Waals surface area contributed by atoms with Crippen LogP contribution in [-0.2, 0) is 0 Å². The first-order chi connectivity index (χ1) is 7.04. The van der Waals surface area contributed by atoms with Crippen LogP contribution in [0.5, 0.6) is 5.75 Å². The maximum absolute atomic E-state index is 6.06. The van der Waals surface area contributed by atoms with Crippen molar-refractivity contribution in [1.29, 1.82) is 0 Å². The molecular weight excluding hydrogens is 275 g/mol. The van der Waals surface area contributed by atoms with E-state index < -0.39 is 0 Å². The average Bonchev–Trinajstić information content (AvgIpc) is 2.16. The molecule has 1 aromatic carbocycles. The molecule has 0 saturated carbocycles. The first kappa shape index (κ1) is 12.9. The summed E-state index contributed by atoms with van der Waals surface area (Å²) in [5.41, 5.74) is 1.20. The Hall–Kier alpha value is -0.210. The monoisotopic (exact) mass is 290 g/mol. The molecule has 0 bridgehead atoms. The second-order valence-electron chi connectivity index (χ2n) is 3.99. The van der Waals surface area contributed by atoms with Crippen LogP contribution in [0.3, 0.4) is 0 Å². The molecule has 1 aromatic rings. The quantitative estimate of drug-likeness (QED) is 0.722. The molecule has 3 heteroatoms. The van der Waals surface area contributed by atoms with Gasteiger partial charge in [-0.25, -0.2) is 0 Å². The van der Waals surface area contributed by atoms with E-state index in [9.17, 15) is 0 Å². The number of hydrogen-bond donors (Lipinski definition) is 0. The summed E-state index contributed by atoms with van der Waals surface area (Å²) in [6.45, 7) is 4.42. The highest BCUT2D eigenvalue weighted by molar-refractivity contribution is 9.09. The number of methoxy groups -OCH3 is 1. The van der Waals surface area contributed by atoms with Gasteiger partial charge in [-0.15, -0.1) is 0 Å². The number of alkyl halides is 1. The van der Waals surface area contributed by atoms with Gasteiger partial charge in [0.05, 0.1) is 12.1 Å². The lowest BCUT2D eigenvalue weighted by molar-refractivity contribution is 0.415. The van der Waals surface area contributed by atoms with Gasteiger partial charge in [-0.05, 0) is 30.0 Å². The maximum atomic E-state index is 6.06. The fraction of sp³-hybridized carbons (Fsp3) is 0.500. The van der Waals surface area contributed by atoms with Crippen LogP contribution in [0.1, 0.15) is 30.7 Å². The Morgan fingerprint density at radius 2 is 2.07 bits per heavy atom. The highest BCUT2D eigenvalue weighted by atomic mass is 79.9. The van der Waals surface area contributed by atoms with Crippen LogP contribution in [-0.4, -0.2) is 7.11 Å². The van der Waals surface area contributed by atoms with Crippen LogP contribution >= 0.6 is 27.5 Å². The van der Waals surface area contributed by atoms with Crippen LogP contribution in [0.2, 0.25) is 5.02 Å². The fourth-order valence-corrected chi connectivity index (χ4v) is 2.73. The third kappa shape index (κ3) is 3.69. The van der Waals surface area contributed by atoms with Crippen molar-refractivity contribution in [3.8, 4) is 5.75 Å². The largest absolute Gasteiger partial charge is 0.495 e. The van der Waals surface area contributed by atoms with E-state index in [0.717, 1.165) is 12.2 Å². The van der Waals surface area contributed by atoms with Crippen molar-refractivity contribution in [3.05, 3.63) is 28.8 Å². The molecule has 0 aliphatic heterocycles. The second kappa shape index (κ2) is 5.76. The van der Waals surface area contributed by atoms with Crippen LogP contribution in [0.4, 0.5) is 0 Å². The number of ether oxygens (including phenoxy) is 1. The molecule has 0 aliphatic carbocycles. The molecule has 0 saturated heterocycles. The minimum atomic E-state index is 0.362. The predicted molar refractivity (Wildman–Crippen MR) is 69.1 cm³/mol. The zero-order valence-corrected chi connectivity index (χ0v) is 11.6. The van der Waals surface area contributed by atoms with E-state index in [2.05, 4.69) is 29.8 Å². The molecule has 0 aromatic heterocycles. The molecule has 1 unspecified atom stereocenters. The Labute approximate surface area is 105 Å². The Morgan fingerprint density at radius 1 is 1.40 bits per heavy atom. The Bertz CT molecular complexity index is 325. The van der Waals surface area contributed by atoms with Gasteiger partial charge in [-0.2, -0.15) is 0 Å². The second-order valence-corrected chi connectivity index (χ2v) is 5.50. The molecule has 0 N–H and O–H groups in total. The van der Waals surface area contributed by atoms with Crippen LogP contribution in [0.15, 0.2) is 18.2 Å². The van der Waals surface area contributed by atoms with Gasteiger partial charge in [0.2, 0.25) is 0 Å². The van der Waals surface area contributed by atoms with Gasteiger partial charge in [0, 0.05) is 4.83 Å². The average molecular weight is 292 g/mol. The molecule has 1 rings (SSSR count). The van der Waals surface area contributed by atoms with E-state index in [1.165, 1.54) is 5.56 Å². The van der Waals surface area contributed by atoms with Gasteiger partial charge in [0.25, 0.3) is 0 Å². The minimum Gasteiger partial charge on any atom is -0.495 e. The van der Waals surface area contributed by atoms with Gasteiger partial charge in [-0.3, -0.25) is 0 Å². The van der Waals surface area contributed by atoms with Gasteiger partial charge >= 0.3 is 0 Å². The SMILES string of the molecule is COc1ccc(C(Br)CC(C)C)cc1Cl. The molecule has 0 aliphatic rings. The summed E-state index contributed by atoms with van der Waals surface area (Å²) >= 11 is 9.73. The van der Waals surface area contributed by atoms with E-state index in [-0.39, 0.29) is 0 Å². The lowest BCUT2D eigenvalue weighted by Gasteiger charge is -2.14. The summed E-state index contributed by atoms with van der Waals surface area (Å²) < 4.78 is 5.11. The van der Waals surface area contributed by atoms with Crippen molar-refractivity contribution in [2.75, 3.05) is 7.11 Å². The van der Waals surface area contributed by atoms with Crippen LogP contribution in [0, 0.1) is 5.92 Å². The van der Waals surface area contributed by atoms with E-state index in [1.54, 1.807) is 7.11 Å². The molecule has 0 heterocycles. The first-order valence-electron chi connectivity index (χ1n) is 5.02. The summed E-state index contributed by atoms with van der Waals surface area (Å²) in [5, 5.41) is 0.670. The molecule has 0 spiro atoms. The lowest BCUT2D eigenvalue weighted by Crippen LogP contribution is -1.96. The number of halogens is 2. The van der Waals surface area contributed by atoms with Gasteiger partial charge < -0.3 is 4.74 Å². The first-order valence-corrected chi connectivity index (χ1v) is 6.31. The maximum Gasteiger partial charge on any atom is 0.137 e. The lowest BCUT2D eigenvalue weighted by atomic mass is 10.0. The highest BCUT2D eigenvalue weighted by Gasteiger charge is 2.11. The Morgan fingerprint density at radius 3 is 2.53 bits per heavy atom. The predicted octanol–water partition coefficient (Wildman–Crippen LogP) is 4.83. The number of hydrogen-bond acceptors (Lipinski definition) is 1. The molecule has 0 fully saturated rings. The minimum absolute atomic E-state index is 0.362. The van der Waals surface area contributed by atoms with Crippen molar-refractivity contribution in [2.24, 2.45) is 5.92 Å². The summed E-state index contributed by atoms with van der Waals surface area (Å²) in [6.07, 6.45) is 1.10. The standard InChI is InChI=1S/C12H16BrClO/c1-8(2)6-10(13)9-4-5-12(15-3)11(14)7-9/h4-5,7-8,10H,6H2,1-3H3.